The number of ether oxygens (including phenoxy) is 1. The summed E-state index contributed by atoms with van der Waals surface area (Å²) >= 11 is 0. The average Bonchev–Trinajstić information content (AvgIpc) is 3.49. The molecule has 2 bridgehead atoms. The quantitative estimate of drug-likeness (QED) is 0.570. The second kappa shape index (κ2) is 9.40. The standard InChI is InChI=1S/C29H35FN6O/c1-34-13-4-7-22(34)18-37-29-32-25-17-35(26-9-3-6-19-5-2-8-24(30)27(19)26)14-12-23(25)28(33-29)36-15-20-10-11-21(16-36)31-20/h2-3,5-6,8-9,20-22,31H,4,7,10-18H2,1H3/t20?,21?,22-/m0/s1. The van der Waals surface area contributed by atoms with E-state index in [4.69, 9.17) is 14.7 Å². The van der Waals surface area contributed by atoms with E-state index in [2.05, 4.69) is 27.1 Å². The van der Waals surface area contributed by atoms with Crippen LogP contribution in [0.5, 0.6) is 6.01 Å². The topological polar surface area (TPSA) is 56.8 Å². The predicted molar refractivity (Wildman–Crippen MR) is 144 cm³/mol. The lowest BCUT2D eigenvalue weighted by Gasteiger charge is -2.37. The van der Waals surface area contributed by atoms with Gasteiger partial charge in [-0.2, -0.15) is 9.97 Å². The number of rotatable bonds is 5. The highest BCUT2D eigenvalue weighted by Crippen LogP contribution is 2.36. The average molecular weight is 503 g/mol. The Morgan fingerprint density at radius 3 is 2.59 bits per heavy atom. The Balaban J connectivity index is 1.23. The second-order valence-corrected chi connectivity index (χ2v) is 11.2. The monoisotopic (exact) mass is 502 g/mol. The van der Waals surface area contributed by atoms with Crippen molar-refractivity contribution >= 4 is 22.3 Å². The van der Waals surface area contributed by atoms with Crippen molar-refractivity contribution in [1.29, 1.82) is 0 Å². The smallest absolute Gasteiger partial charge is 0.318 e. The van der Waals surface area contributed by atoms with Crippen LogP contribution < -0.4 is 19.9 Å². The van der Waals surface area contributed by atoms with E-state index in [0.29, 0.717) is 42.7 Å². The number of benzene rings is 2. The van der Waals surface area contributed by atoms with Crippen LogP contribution in [0.3, 0.4) is 0 Å². The lowest BCUT2D eigenvalue weighted by Crippen LogP contribution is -2.52. The van der Waals surface area contributed by atoms with Gasteiger partial charge < -0.3 is 24.8 Å². The summed E-state index contributed by atoms with van der Waals surface area (Å²) in [7, 11) is 2.16. The highest BCUT2D eigenvalue weighted by atomic mass is 19.1. The fourth-order valence-electron chi connectivity index (χ4n) is 6.79. The van der Waals surface area contributed by atoms with Gasteiger partial charge in [0.2, 0.25) is 0 Å². The lowest BCUT2D eigenvalue weighted by atomic mass is 10.0. The third-order valence-corrected chi connectivity index (χ3v) is 8.79. The summed E-state index contributed by atoms with van der Waals surface area (Å²) in [6, 6.07) is 13.3. The summed E-state index contributed by atoms with van der Waals surface area (Å²) in [4.78, 5) is 17.1. The fraction of sp³-hybridized carbons (Fsp3) is 0.517. The molecule has 0 spiro atoms. The minimum atomic E-state index is -0.178. The van der Waals surface area contributed by atoms with Gasteiger partial charge in [-0.05, 0) is 63.2 Å². The highest BCUT2D eigenvalue weighted by Gasteiger charge is 2.35. The van der Waals surface area contributed by atoms with Gasteiger partial charge in [-0.1, -0.05) is 24.3 Å². The molecule has 3 saturated heterocycles. The Bertz CT molecular complexity index is 1300. The van der Waals surface area contributed by atoms with Crippen molar-refractivity contribution in [1.82, 2.24) is 20.2 Å². The van der Waals surface area contributed by atoms with Crippen LogP contribution in [0.1, 0.15) is 36.9 Å². The number of likely N-dealkylation sites (N-methyl/N-ethyl adjacent to an activating group) is 1. The van der Waals surface area contributed by atoms with Gasteiger partial charge in [-0.25, -0.2) is 4.39 Å². The van der Waals surface area contributed by atoms with Gasteiger partial charge in [0.1, 0.15) is 18.2 Å². The van der Waals surface area contributed by atoms with E-state index < -0.39 is 0 Å². The number of fused-ring (bicyclic) bond motifs is 4. The summed E-state index contributed by atoms with van der Waals surface area (Å²) in [6.07, 6.45) is 5.65. The van der Waals surface area contributed by atoms with Crippen LogP contribution in [-0.4, -0.2) is 72.8 Å². The molecule has 7 rings (SSSR count). The zero-order valence-corrected chi connectivity index (χ0v) is 21.5. The number of piperazine rings is 1. The molecule has 0 radical (unpaired) electrons. The number of nitrogens with zero attached hydrogens (tertiary/aromatic N) is 5. The van der Waals surface area contributed by atoms with Crippen LogP contribution in [0.4, 0.5) is 15.9 Å². The number of halogens is 1. The van der Waals surface area contributed by atoms with E-state index >= 15 is 0 Å². The van der Waals surface area contributed by atoms with E-state index in [9.17, 15) is 4.39 Å². The molecule has 7 nitrogen and oxygen atoms in total. The molecule has 4 aliphatic rings. The van der Waals surface area contributed by atoms with Crippen molar-refractivity contribution in [3.63, 3.8) is 0 Å². The van der Waals surface area contributed by atoms with Crippen LogP contribution in [0.15, 0.2) is 36.4 Å². The van der Waals surface area contributed by atoms with Gasteiger partial charge >= 0.3 is 6.01 Å². The number of nitrogens with one attached hydrogen (secondary N) is 1. The Kier molecular flexibility index (Phi) is 5.89. The molecule has 1 aromatic heterocycles. The van der Waals surface area contributed by atoms with E-state index in [1.165, 1.54) is 24.8 Å². The molecular formula is C29H35FN6O. The lowest BCUT2D eigenvalue weighted by molar-refractivity contribution is 0.187. The van der Waals surface area contributed by atoms with Crippen LogP contribution in [-0.2, 0) is 13.0 Å². The Morgan fingerprint density at radius 1 is 1.00 bits per heavy atom. The molecule has 3 fully saturated rings. The highest BCUT2D eigenvalue weighted by molar-refractivity contribution is 5.95. The first-order valence-corrected chi connectivity index (χ1v) is 13.8. The SMILES string of the molecule is CN1CCC[C@H]1COc1nc2c(c(N3CC4CCC(C3)N4)n1)CCN(c1cccc3cccc(F)c13)C2. The summed E-state index contributed by atoms with van der Waals surface area (Å²) in [6.45, 7) is 5.11. The Labute approximate surface area is 217 Å². The third kappa shape index (κ3) is 4.30. The molecule has 194 valence electrons. The molecule has 5 heterocycles. The van der Waals surface area contributed by atoms with Gasteiger partial charge in [-0.15, -0.1) is 0 Å². The summed E-state index contributed by atoms with van der Waals surface area (Å²) in [5, 5.41) is 5.34. The van der Waals surface area contributed by atoms with Gasteiger partial charge in [0.05, 0.1) is 12.2 Å². The van der Waals surface area contributed by atoms with Crippen molar-refractivity contribution in [3.8, 4) is 6.01 Å². The van der Waals surface area contributed by atoms with Crippen LogP contribution >= 0.6 is 0 Å². The molecule has 2 aromatic carbocycles. The largest absolute Gasteiger partial charge is 0.462 e. The van der Waals surface area contributed by atoms with E-state index in [-0.39, 0.29) is 5.82 Å². The molecule has 3 atom stereocenters. The zero-order chi connectivity index (χ0) is 24.9. The maximum Gasteiger partial charge on any atom is 0.318 e. The van der Waals surface area contributed by atoms with Crippen LogP contribution in [0.2, 0.25) is 0 Å². The first-order chi connectivity index (χ1) is 18.1. The van der Waals surface area contributed by atoms with Gasteiger partial charge in [-0.3, -0.25) is 0 Å². The third-order valence-electron chi connectivity index (χ3n) is 8.79. The van der Waals surface area contributed by atoms with E-state index in [1.807, 2.05) is 24.3 Å². The molecule has 0 aliphatic carbocycles. The van der Waals surface area contributed by atoms with Crippen molar-refractivity contribution in [3.05, 3.63) is 53.5 Å². The molecule has 0 amide bonds. The zero-order valence-electron chi connectivity index (χ0n) is 21.5. The molecule has 1 N–H and O–H groups in total. The first kappa shape index (κ1) is 23.2. The molecule has 4 aliphatic heterocycles. The number of likely N-dealkylation sites (tertiary alicyclic amines) is 1. The van der Waals surface area contributed by atoms with Crippen molar-refractivity contribution < 1.29 is 9.13 Å². The minimum Gasteiger partial charge on any atom is -0.462 e. The van der Waals surface area contributed by atoms with Gasteiger partial charge in [0.15, 0.2) is 0 Å². The number of hydrogen-bond donors (Lipinski definition) is 1. The molecule has 0 saturated carbocycles. The molecule has 37 heavy (non-hydrogen) atoms. The van der Waals surface area contributed by atoms with Crippen molar-refractivity contribution in [2.24, 2.45) is 0 Å². The normalized spacial score (nSPS) is 25.6. The van der Waals surface area contributed by atoms with Crippen LogP contribution in [0.25, 0.3) is 10.8 Å². The summed E-state index contributed by atoms with van der Waals surface area (Å²) in [5.41, 5.74) is 3.16. The molecular weight excluding hydrogens is 467 g/mol. The van der Waals surface area contributed by atoms with Gasteiger partial charge in [0, 0.05) is 54.4 Å². The van der Waals surface area contributed by atoms with E-state index in [0.717, 1.165) is 61.6 Å². The summed E-state index contributed by atoms with van der Waals surface area (Å²) < 4.78 is 21.2. The second-order valence-electron chi connectivity index (χ2n) is 11.2. The number of anilines is 2. The minimum absolute atomic E-state index is 0.178. The van der Waals surface area contributed by atoms with E-state index in [1.54, 1.807) is 12.1 Å². The summed E-state index contributed by atoms with van der Waals surface area (Å²) in [5.74, 6) is 0.866. The number of aromatic nitrogens is 2. The molecule has 3 aromatic rings. The first-order valence-electron chi connectivity index (χ1n) is 13.8. The van der Waals surface area contributed by atoms with Crippen LogP contribution in [0, 0.1) is 5.82 Å². The van der Waals surface area contributed by atoms with Crippen molar-refractivity contribution in [2.75, 3.05) is 49.6 Å². The molecule has 8 heteroatoms. The fourth-order valence-corrected chi connectivity index (χ4v) is 6.79. The molecule has 2 unspecified atom stereocenters. The predicted octanol–water partition coefficient (Wildman–Crippen LogP) is 3.75. The Morgan fingerprint density at radius 2 is 1.81 bits per heavy atom. The Hall–Kier alpha value is -2.97. The maximum atomic E-state index is 14.9. The number of hydrogen-bond acceptors (Lipinski definition) is 7. The van der Waals surface area contributed by atoms with Gasteiger partial charge in [0.25, 0.3) is 0 Å². The maximum absolute atomic E-state index is 14.9. The van der Waals surface area contributed by atoms with Crippen molar-refractivity contribution in [2.45, 2.75) is 56.8 Å².